The van der Waals surface area contributed by atoms with Gasteiger partial charge in [0.15, 0.2) is 5.82 Å². The molecule has 18 heavy (non-hydrogen) atoms. The second kappa shape index (κ2) is 4.48. The molecule has 0 unspecified atom stereocenters. The van der Waals surface area contributed by atoms with Crippen LogP contribution in [0.3, 0.4) is 0 Å². The summed E-state index contributed by atoms with van der Waals surface area (Å²) in [6.07, 6.45) is 8.00. The van der Waals surface area contributed by atoms with Crippen molar-refractivity contribution < 1.29 is 0 Å². The molecule has 0 aromatic carbocycles. The third kappa shape index (κ3) is 2.04. The standard InChI is InChI=1S/C12H14N6/c1-9-6-11-12(15-4-5-18(11)17-9)14-3-2-10-7-13-8-16-10/h4-8H,2-3H2,1H3,(H,13,16)(H,14,15). The highest BCUT2D eigenvalue weighted by atomic mass is 15.2. The van der Waals surface area contributed by atoms with Crippen LogP contribution in [-0.4, -0.2) is 31.1 Å². The highest BCUT2D eigenvalue weighted by Gasteiger charge is 2.04. The van der Waals surface area contributed by atoms with Crippen molar-refractivity contribution >= 4 is 11.3 Å². The minimum atomic E-state index is 0.805. The Balaban J connectivity index is 1.74. The molecule has 6 nitrogen and oxygen atoms in total. The first kappa shape index (κ1) is 10.8. The Kier molecular flexibility index (Phi) is 2.68. The third-order valence-corrected chi connectivity index (χ3v) is 2.75. The highest BCUT2D eigenvalue weighted by Crippen LogP contribution is 2.14. The van der Waals surface area contributed by atoms with Crippen molar-refractivity contribution in [2.45, 2.75) is 13.3 Å². The second-order valence-corrected chi connectivity index (χ2v) is 4.15. The zero-order valence-corrected chi connectivity index (χ0v) is 10.1. The first-order valence-corrected chi connectivity index (χ1v) is 5.85. The Morgan fingerprint density at radius 1 is 1.44 bits per heavy atom. The van der Waals surface area contributed by atoms with Gasteiger partial charge in [0.05, 0.1) is 12.0 Å². The molecule has 3 rings (SSSR count). The van der Waals surface area contributed by atoms with Gasteiger partial charge in [-0.3, -0.25) is 0 Å². The number of hydrogen-bond acceptors (Lipinski definition) is 4. The number of rotatable bonds is 4. The molecule has 0 saturated carbocycles. The molecule has 0 aliphatic carbocycles. The fraction of sp³-hybridized carbons (Fsp3) is 0.250. The van der Waals surface area contributed by atoms with Gasteiger partial charge >= 0.3 is 0 Å². The number of aromatic nitrogens is 5. The van der Waals surface area contributed by atoms with Crippen molar-refractivity contribution in [2.75, 3.05) is 11.9 Å². The Hall–Kier alpha value is -2.37. The van der Waals surface area contributed by atoms with Crippen LogP contribution in [0.15, 0.2) is 31.0 Å². The molecule has 0 fully saturated rings. The normalized spacial score (nSPS) is 10.9. The Morgan fingerprint density at radius 3 is 3.22 bits per heavy atom. The molecule has 3 heterocycles. The van der Waals surface area contributed by atoms with E-state index in [0.717, 1.165) is 35.7 Å². The molecule has 0 saturated heterocycles. The fourth-order valence-corrected chi connectivity index (χ4v) is 1.92. The van der Waals surface area contributed by atoms with Crippen LogP contribution < -0.4 is 5.32 Å². The molecule has 6 heteroatoms. The van der Waals surface area contributed by atoms with E-state index in [1.807, 2.05) is 29.9 Å². The molecule has 0 aliphatic rings. The molecule has 0 radical (unpaired) electrons. The van der Waals surface area contributed by atoms with Gasteiger partial charge in [-0.05, 0) is 13.0 Å². The first-order valence-electron chi connectivity index (χ1n) is 5.85. The van der Waals surface area contributed by atoms with E-state index in [1.165, 1.54) is 0 Å². The van der Waals surface area contributed by atoms with Crippen molar-refractivity contribution in [1.29, 1.82) is 0 Å². The maximum atomic E-state index is 4.35. The summed E-state index contributed by atoms with van der Waals surface area (Å²) in [6, 6.07) is 2.02. The largest absolute Gasteiger partial charge is 0.368 e. The molecule has 0 spiro atoms. The van der Waals surface area contributed by atoms with Crippen molar-refractivity contribution in [3.05, 3.63) is 42.4 Å². The topological polar surface area (TPSA) is 70.9 Å². The van der Waals surface area contributed by atoms with E-state index in [-0.39, 0.29) is 0 Å². The number of nitrogens with one attached hydrogen (secondary N) is 2. The lowest BCUT2D eigenvalue weighted by molar-refractivity contribution is 0.914. The van der Waals surface area contributed by atoms with Gasteiger partial charge < -0.3 is 10.3 Å². The SMILES string of the molecule is Cc1cc2c(NCCc3cnc[nH]3)nccn2n1. The van der Waals surface area contributed by atoms with Gasteiger partial charge in [-0.15, -0.1) is 0 Å². The lowest BCUT2D eigenvalue weighted by atomic mass is 10.3. The van der Waals surface area contributed by atoms with Gasteiger partial charge in [0.2, 0.25) is 0 Å². The van der Waals surface area contributed by atoms with Crippen LogP contribution in [0.5, 0.6) is 0 Å². The number of imidazole rings is 1. The summed E-state index contributed by atoms with van der Waals surface area (Å²) in [7, 11) is 0. The second-order valence-electron chi connectivity index (χ2n) is 4.15. The summed E-state index contributed by atoms with van der Waals surface area (Å²) in [5.41, 5.74) is 3.10. The molecule has 3 aromatic heterocycles. The molecule has 92 valence electrons. The average molecular weight is 242 g/mol. The number of aryl methyl sites for hydroxylation is 1. The lowest BCUT2D eigenvalue weighted by Gasteiger charge is -2.05. The Bertz CT molecular complexity index is 640. The first-order chi connectivity index (χ1) is 8.83. The van der Waals surface area contributed by atoms with Crippen LogP contribution in [-0.2, 0) is 6.42 Å². The van der Waals surface area contributed by atoms with Gasteiger partial charge in [-0.2, -0.15) is 5.10 Å². The summed E-state index contributed by atoms with van der Waals surface area (Å²) in [6.45, 7) is 2.78. The number of fused-ring (bicyclic) bond motifs is 1. The van der Waals surface area contributed by atoms with Gasteiger partial charge in [0, 0.05) is 37.3 Å². The van der Waals surface area contributed by atoms with E-state index in [4.69, 9.17) is 0 Å². The van der Waals surface area contributed by atoms with Gasteiger partial charge in [-0.1, -0.05) is 0 Å². The van der Waals surface area contributed by atoms with Crippen LogP contribution in [0.1, 0.15) is 11.4 Å². The van der Waals surface area contributed by atoms with Crippen LogP contribution in [0.2, 0.25) is 0 Å². The molecular formula is C12H14N6. The summed E-state index contributed by atoms with van der Waals surface area (Å²) in [4.78, 5) is 11.4. The fourth-order valence-electron chi connectivity index (χ4n) is 1.92. The molecular weight excluding hydrogens is 228 g/mol. The predicted molar refractivity (Wildman–Crippen MR) is 68.5 cm³/mol. The number of nitrogens with zero attached hydrogens (tertiary/aromatic N) is 4. The molecule has 2 N–H and O–H groups in total. The zero-order valence-electron chi connectivity index (χ0n) is 10.1. The van der Waals surface area contributed by atoms with Crippen LogP contribution in [0, 0.1) is 6.92 Å². The van der Waals surface area contributed by atoms with Gasteiger partial charge in [-0.25, -0.2) is 14.5 Å². The molecule has 0 bridgehead atoms. The lowest BCUT2D eigenvalue weighted by Crippen LogP contribution is -2.07. The third-order valence-electron chi connectivity index (χ3n) is 2.75. The van der Waals surface area contributed by atoms with E-state index in [0.29, 0.717) is 0 Å². The van der Waals surface area contributed by atoms with Crippen molar-refractivity contribution in [3.8, 4) is 0 Å². The van der Waals surface area contributed by atoms with E-state index in [1.54, 1.807) is 12.5 Å². The number of H-pyrrole nitrogens is 1. The van der Waals surface area contributed by atoms with Crippen molar-refractivity contribution in [2.24, 2.45) is 0 Å². The minimum Gasteiger partial charge on any atom is -0.368 e. The van der Waals surface area contributed by atoms with Crippen molar-refractivity contribution in [3.63, 3.8) is 0 Å². The van der Waals surface area contributed by atoms with Gasteiger partial charge in [0.1, 0.15) is 5.52 Å². The smallest absolute Gasteiger partial charge is 0.152 e. The Morgan fingerprint density at radius 2 is 2.39 bits per heavy atom. The summed E-state index contributed by atoms with van der Waals surface area (Å²) in [5, 5.41) is 7.67. The quantitative estimate of drug-likeness (QED) is 0.725. The van der Waals surface area contributed by atoms with E-state index >= 15 is 0 Å². The monoisotopic (exact) mass is 242 g/mol. The van der Waals surface area contributed by atoms with E-state index in [9.17, 15) is 0 Å². The Labute approximate surface area is 104 Å². The average Bonchev–Trinajstić information content (AvgIpc) is 2.97. The van der Waals surface area contributed by atoms with Crippen LogP contribution in [0.25, 0.3) is 5.52 Å². The summed E-state index contributed by atoms with van der Waals surface area (Å²) in [5.74, 6) is 0.859. The molecule has 3 aromatic rings. The predicted octanol–water partition coefficient (Wildman–Crippen LogP) is 1.42. The van der Waals surface area contributed by atoms with Crippen LogP contribution >= 0.6 is 0 Å². The molecule has 0 atom stereocenters. The minimum absolute atomic E-state index is 0.805. The number of anilines is 1. The molecule has 0 aliphatic heterocycles. The summed E-state index contributed by atoms with van der Waals surface area (Å²) < 4.78 is 1.83. The number of hydrogen-bond donors (Lipinski definition) is 2. The highest BCUT2D eigenvalue weighted by molar-refractivity contribution is 5.67. The van der Waals surface area contributed by atoms with Crippen molar-refractivity contribution in [1.82, 2.24) is 24.6 Å². The van der Waals surface area contributed by atoms with E-state index < -0.39 is 0 Å². The number of aromatic amines is 1. The van der Waals surface area contributed by atoms with Crippen LogP contribution in [0.4, 0.5) is 5.82 Å². The maximum absolute atomic E-state index is 4.35. The summed E-state index contributed by atoms with van der Waals surface area (Å²) >= 11 is 0. The maximum Gasteiger partial charge on any atom is 0.152 e. The molecule has 0 amide bonds. The van der Waals surface area contributed by atoms with E-state index in [2.05, 4.69) is 25.4 Å². The zero-order chi connectivity index (χ0) is 12.4. The van der Waals surface area contributed by atoms with Gasteiger partial charge in [0.25, 0.3) is 0 Å².